The van der Waals surface area contributed by atoms with Crippen molar-refractivity contribution < 1.29 is 27.2 Å². The summed E-state index contributed by atoms with van der Waals surface area (Å²) in [5.41, 5.74) is 1.01. The van der Waals surface area contributed by atoms with Gasteiger partial charge >= 0.3 is 0 Å². The summed E-state index contributed by atoms with van der Waals surface area (Å²) in [5, 5.41) is 0. The van der Waals surface area contributed by atoms with Crippen LogP contribution in [0.4, 0.5) is 0 Å². The Morgan fingerprint density at radius 1 is 0.960 bits per heavy atom. The average molecular weight is 374 g/mol. The lowest BCUT2D eigenvalue weighted by molar-refractivity contribution is 0.131. The summed E-state index contributed by atoms with van der Waals surface area (Å²) < 4.78 is 46.8. The standard InChI is InChI=1S/C16H26N2O6S/c1-22-14-5-4-13(15(23-2)16(14)24-3)12-18-8-6-17(7-9-18)10-11-25(19,20)21/h4-5H,6-12H2,1-3H3,(H,19,20,21). The zero-order valence-electron chi connectivity index (χ0n) is 14.9. The third kappa shape index (κ3) is 5.46. The van der Waals surface area contributed by atoms with Gasteiger partial charge in [-0.15, -0.1) is 0 Å². The van der Waals surface area contributed by atoms with Gasteiger partial charge in [0, 0.05) is 44.8 Å². The highest BCUT2D eigenvalue weighted by atomic mass is 32.2. The van der Waals surface area contributed by atoms with Crippen molar-refractivity contribution in [3.63, 3.8) is 0 Å². The number of piperazine rings is 1. The lowest BCUT2D eigenvalue weighted by atomic mass is 10.1. The van der Waals surface area contributed by atoms with Crippen LogP contribution in [-0.2, 0) is 16.7 Å². The maximum atomic E-state index is 10.8. The lowest BCUT2D eigenvalue weighted by Gasteiger charge is -2.34. The Hall–Kier alpha value is -1.55. The SMILES string of the molecule is COc1ccc(CN2CCN(CCS(=O)(=O)O)CC2)c(OC)c1OC. The highest BCUT2D eigenvalue weighted by Gasteiger charge is 2.21. The minimum absolute atomic E-state index is 0.226. The van der Waals surface area contributed by atoms with E-state index in [4.69, 9.17) is 18.8 Å². The maximum Gasteiger partial charge on any atom is 0.266 e. The number of methoxy groups -OCH3 is 3. The molecule has 0 spiro atoms. The monoisotopic (exact) mass is 374 g/mol. The Balaban J connectivity index is 1.98. The molecule has 1 aromatic rings. The third-order valence-electron chi connectivity index (χ3n) is 4.31. The van der Waals surface area contributed by atoms with Crippen molar-refractivity contribution >= 4 is 10.1 Å². The summed E-state index contributed by atoms with van der Waals surface area (Å²) in [4.78, 5) is 4.31. The number of hydrogen-bond donors (Lipinski definition) is 1. The van der Waals surface area contributed by atoms with Crippen molar-refractivity contribution in [2.75, 3.05) is 59.8 Å². The first-order valence-corrected chi connectivity index (χ1v) is 9.66. The normalized spacial score (nSPS) is 16.6. The summed E-state index contributed by atoms with van der Waals surface area (Å²) in [7, 11) is 0.866. The number of hydrogen-bond acceptors (Lipinski definition) is 7. The van der Waals surface area contributed by atoms with Crippen LogP contribution in [0.3, 0.4) is 0 Å². The predicted octanol–water partition coefficient (Wildman–Crippen LogP) is 0.718. The predicted molar refractivity (Wildman–Crippen MR) is 94.2 cm³/mol. The van der Waals surface area contributed by atoms with Crippen LogP contribution in [0.15, 0.2) is 12.1 Å². The molecule has 1 aliphatic rings. The Bertz CT molecular complexity index is 671. The molecule has 0 aliphatic carbocycles. The molecule has 1 aromatic carbocycles. The van der Waals surface area contributed by atoms with Gasteiger partial charge in [0.25, 0.3) is 10.1 Å². The van der Waals surface area contributed by atoms with Crippen LogP contribution in [-0.4, -0.2) is 82.6 Å². The van der Waals surface area contributed by atoms with Gasteiger partial charge in [0.05, 0.1) is 27.1 Å². The molecule has 1 N–H and O–H groups in total. The van der Waals surface area contributed by atoms with Gasteiger partial charge in [-0.25, -0.2) is 0 Å². The van der Waals surface area contributed by atoms with Gasteiger partial charge in [0.2, 0.25) is 5.75 Å². The highest BCUT2D eigenvalue weighted by molar-refractivity contribution is 7.85. The van der Waals surface area contributed by atoms with Crippen molar-refractivity contribution in [3.8, 4) is 17.2 Å². The van der Waals surface area contributed by atoms with Crippen LogP contribution in [0.25, 0.3) is 0 Å². The maximum absolute atomic E-state index is 10.8. The first-order chi connectivity index (χ1) is 11.9. The van der Waals surface area contributed by atoms with E-state index in [0.717, 1.165) is 31.7 Å². The van der Waals surface area contributed by atoms with Gasteiger partial charge < -0.3 is 14.2 Å². The van der Waals surface area contributed by atoms with E-state index in [0.29, 0.717) is 30.3 Å². The lowest BCUT2D eigenvalue weighted by Crippen LogP contribution is -2.47. The quantitative estimate of drug-likeness (QED) is 0.666. The molecule has 9 heteroatoms. The van der Waals surface area contributed by atoms with Crippen LogP contribution in [0, 0.1) is 0 Å². The molecule has 0 aromatic heterocycles. The second-order valence-corrected chi connectivity index (χ2v) is 7.47. The van der Waals surface area contributed by atoms with Crippen molar-refractivity contribution in [1.82, 2.24) is 9.80 Å². The second kappa shape index (κ2) is 8.70. The molecule has 0 saturated carbocycles. The average Bonchev–Trinajstić information content (AvgIpc) is 2.59. The van der Waals surface area contributed by atoms with Gasteiger partial charge in [-0.05, 0) is 6.07 Å². The van der Waals surface area contributed by atoms with Crippen LogP contribution in [0.2, 0.25) is 0 Å². The minimum atomic E-state index is -3.91. The number of nitrogens with zero attached hydrogens (tertiary/aromatic N) is 2. The summed E-state index contributed by atoms with van der Waals surface area (Å²) in [6, 6.07) is 3.82. The molecule has 142 valence electrons. The Kier molecular flexibility index (Phi) is 6.88. The van der Waals surface area contributed by atoms with Gasteiger partial charge in [0.15, 0.2) is 11.5 Å². The van der Waals surface area contributed by atoms with Crippen LogP contribution in [0.1, 0.15) is 5.56 Å². The van der Waals surface area contributed by atoms with Gasteiger partial charge in [-0.1, -0.05) is 6.07 Å². The third-order valence-corrected chi connectivity index (χ3v) is 5.01. The van der Waals surface area contributed by atoms with Crippen LogP contribution in [0.5, 0.6) is 17.2 Å². The molecule has 1 saturated heterocycles. The van der Waals surface area contributed by atoms with E-state index in [1.807, 2.05) is 17.0 Å². The first kappa shape index (κ1) is 19.8. The number of benzene rings is 1. The topological polar surface area (TPSA) is 88.5 Å². The molecule has 8 nitrogen and oxygen atoms in total. The van der Waals surface area contributed by atoms with E-state index in [9.17, 15) is 8.42 Å². The number of rotatable bonds is 8. The van der Waals surface area contributed by atoms with Gasteiger partial charge in [0.1, 0.15) is 0 Å². The van der Waals surface area contributed by atoms with Crippen LogP contribution >= 0.6 is 0 Å². The molecular formula is C16H26N2O6S. The Morgan fingerprint density at radius 3 is 2.08 bits per heavy atom. The van der Waals surface area contributed by atoms with E-state index in [-0.39, 0.29) is 5.75 Å². The fourth-order valence-corrected chi connectivity index (χ4v) is 3.43. The molecule has 0 atom stereocenters. The van der Waals surface area contributed by atoms with Crippen molar-refractivity contribution in [3.05, 3.63) is 17.7 Å². The highest BCUT2D eigenvalue weighted by Crippen LogP contribution is 2.40. The Labute approximate surface area is 149 Å². The summed E-state index contributed by atoms with van der Waals surface area (Å²) in [6.45, 7) is 4.18. The van der Waals surface area contributed by atoms with E-state index in [2.05, 4.69) is 4.90 Å². The molecular weight excluding hydrogens is 348 g/mol. The molecule has 25 heavy (non-hydrogen) atoms. The Morgan fingerprint density at radius 2 is 1.56 bits per heavy atom. The fraction of sp³-hybridized carbons (Fsp3) is 0.625. The number of ether oxygens (including phenoxy) is 3. The van der Waals surface area contributed by atoms with Gasteiger partial charge in [-0.3, -0.25) is 14.4 Å². The van der Waals surface area contributed by atoms with Gasteiger partial charge in [-0.2, -0.15) is 8.42 Å². The molecule has 2 rings (SSSR count). The minimum Gasteiger partial charge on any atom is -0.493 e. The first-order valence-electron chi connectivity index (χ1n) is 8.05. The van der Waals surface area contributed by atoms with E-state index < -0.39 is 10.1 Å². The van der Waals surface area contributed by atoms with Crippen molar-refractivity contribution in [1.29, 1.82) is 0 Å². The summed E-state index contributed by atoms with van der Waals surface area (Å²) in [6.07, 6.45) is 0. The largest absolute Gasteiger partial charge is 0.493 e. The zero-order chi connectivity index (χ0) is 18.4. The smallest absolute Gasteiger partial charge is 0.266 e. The van der Waals surface area contributed by atoms with Crippen LogP contribution < -0.4 is 14.2 Å². The molecule has 0 amide bonds. The molecule has 0 unspecified atom stereocenters. The van der Waals surface area contributed by atoms with E-state index >= 15 is 0 Å². The molecule has 0 bridgehead atoms. The second-order valence-electron chi connectivity index (χ2n) is 5.90. The van der Waals surface area contributed by atoms with Crippen molar-refractivity contribution in [2.45, 2.75) is 6.54 Å². The molecule has 1 aliphatic heterocycles. The summed E-state index contributed by atoms with van der Waals surface area (Å²) >= 11 is 0. The zero-order valence-corrected chi connectivity index (χ0v) is 15.7. The van der Waals surface area contributed by atoms with E-state index in [1.165, 1.54) is 0 Å². The molecule has 1 fully saturated rings. The van der Waals surface area contributed by atoms with Crippen molar-refractivity contribution in [2.24, 2.45) is 0 Å². The fourth-order valence-electron chi connectivity index (χ4n) is 2.94. The van der Waals surface area contributed by atoms with E-state index in [1.54, 1.807) is 21.3 Å². The molecule has 1 heterocycles. The molecule has 0 radical (unpaired) electrons. The summed E-state index contributed by atoms with van der Waals surface area (Å²) in [5.74, 6) is 1.64.